The summed E-state index contributed by atoms with van der Waals surface area (Å²) >= 11 is 7.90. The average molecular weight is 418 g/mol. The third kappa shape index (κ3) is 5.66. The maximum atomic E-state index is 12.6. The summed E-state index contributed by atoms with van der Waals surface area (Å²) in [5, 5.41) is 4.01. The van der Waals surface area contributed by atoms with Crippen molar-refractivity contribution in [3.05, 3.63) is 57.0 Å². The van der Waals surface area contributed by atoms with Crippen molar-refractivity contribution in [2.45, 2.75) is 39.2 Å². The monoisotopic (exact) mass is 417 g/mol. The van der Waals surface area contributed by atoms with Gasteiger partial charge in [0.1, 0.15) is 0 Å². The lowest BCUT2D eigenvalue weighted by molar-refractivity contribution is -0.125. The van der Waals surface area contributed by atoms with Crippen molar-refractivity contribution >= 4 is 34.9 Å². The Hall–Kier alpha value is -1.69. The lowest BCUT2D eigenvalue weighted by Gasteiger charge is -2.20. The van der Waals surface area contributed by atoms with Crippen LogP contribution in [0.1, 0.15) is 43.5 Å². The van der Waals surface area contributed by atoms with Gasteiger partial charge >= 0.3 is 0 Å². The van der Waals surface area contributed by atoms with E-state index in [1.807, 2.05) is 29.2 Å². The van der Waals surface area contributed by atoms with E-state index in [0.717, 1.165) is 50.4 Å². The topological polar surface area (TPSA) is 36.4 Å². The molecular weight excluding hydrogens is 390 g/mol. The van der Waals surface area contributed by atoms with Crippen molar-refractivity contribution < 1.29 is 4.79 Å². The van der Waals surface area contributed by atoms with Gasteiger partial charge in [0, 0.05) is 54.6 Å². The van der Waals surface area contributed by atoms with E-state index in [9.17, 15) is 4.79 Å². The van der Waals surface area contributed by atoms with Crippen molar-refractivity contribution in [3.63, 3.8) is 0 Å². The average Bonchev–Trinajstić information content (AvgIpc) is 3.00. The van der Waals surface area contributed by atoms with Crippen molar-refractivity contribution in [3.8, 4) is 0 Å². The Balaban J connectivity index is 1.55. The molecule has 0 saturated carbocycles. The van der Waals surface area contributed by atoms with Gasteiger partial charge in [0.15, 0.2) is 0 Å². The van der Waals surface area contributed by atoms with E-state index >= 15 is 0 Å². The maximum absolute atomic E-state index is 12.6. The van der Waals surface area contributed by atoms with Crippen LogP contribution in [-0.2, 0) is 16.8 Å². The fraction of sp³-hybridized carbons (Fsp3) is 0.455. The molecule has 0 aliphatic carbocycles. The maximum Gasteiger partial charge on any atom is 0.246 e. The molecule has 1 saturated heterocycles. The van der Waals surface area contributed by atoms with Crippen LogP contribution < -0.4 is 0 Å². The third-order valence-electron chi connectivity index (χ3n) is 4.79. The third-order valence-corrected chi connectivity index (χ3v) is 6.45. The number of aromatic nitrogens is 1. The number of carbonyl (C=O) groups excluding carboxylic acids is 1. The minimum atomic E-state index is 0.0467. The van der Waals surface area contributed by atoms with Crippen LogP contribution in [0.25, 0.3) is 6.08 Å². The number of carbonyl (C=O) groups is 1. The Bertz CT molecular complexity index is 840. The first-order valence-corrected chi connectivity index (χ1v) is 11.0. The van der Waals surface area contributed by atoms with Gasteiger partial charge in [-0.15, -0.1) is 11.3 Å². The minimum Gasteiger partial charge on any atom is -0.338 e. The Morgan fingerprint density at radius 2 is 2.00 bits per heavy atom. The number of hydrogen-bond acceptors (Lipinski definition) is 4. The van der Waals surface area contributed by atoms with E-state index in [-0.39, 0.29) is 11.3 Å². The Labute approximate surface area is 176 Å². The van der Waals surface area contributed by atoms with Crippen molar-refractivity contribution in [1.82, 2.24) is 14.8 Å². The molecule has 3 rings (SSSR count). The zero-order valence-corrected chi connectivity index (χ0v) is 18.4. The molecule has 1 aromatic heterocycles. The van der Waals surface area contributed by atoms with Gasteiger partial charge in [0.2, 0.25) is 5.91 Å². The van der Waals surface area contributed by atoms with Gasteiger partial charge in [-0.05, 0) is 24.1 Å². The van der Waals surface area contributed by atoms with Crippen LogP contribution in [0.4, 0.5) is 0 Å². The standard InChI is InChI=1S/C22H28ClN3OS/c1-22(2,3)21-24-18(16-28-21)15-25-11-6-12-26(14-13-25)20(27)10-9-17-7-4-5-8-19(17)23/h4-5,7-10,16H,6,11-15H2,1-3H3/b10-9+. The first-order valence-electron chi connectivity index (χ1n) is 9.72. The molecule has 2 heterocycles. The molecule has 4 nitrogen and oxygen atoms in total. The molecule has 1 amide bonds. The number of amides is 1. The summed E-state index contributed by atoms with van der Waals surface area (Å²) in [6.45, 7) is 10.8. The summed E-state index contributed by atoms with van der Waals surface area (Å²) in [4.78, 5) is 21.7. The second-order valence-electron chi connectivity index (χ2n) is 8.20. The highest BCUT2D eigenvalue weighted by Crippen LogP contribution is 2.26. The molecule has 2 aromatic rings. The number of thiazole rings is 1. The highest BCUT2D eigenvalue weighted by molar-refractivity contribution is 7.09. The van der Waals surface area contributed by atoms with Gasteiger partial charge < -0.3 is 4.90 Å². The Kier molecular flexibility index (Phi) is 6.91. The highest BCUT2D eigenvalue weighted by Gasteiger charge is 2.21. The van der Waals surface area contributed by atoms with E-state index in [1.165, 1.54) is 5.01 Å². The highest BCUT2D eigenvalue weighted by atomic mass is 35.5. The molecule has 1 fully saturated rings. The van der Waals surface area contributed by atoms with Gasteiger partial charge in [0.25, 0.3) is 0 Å². The van der Waals surface area contributed by atoms with Crippen LogP contribution in [0, 0.1) is 0 Å². The molecule has 0 spiro atoms. The van der Waals surface area contributed by atoms with E-state index in [4.69, 9.17) is 16.6 Å². The molecule has 1 aromatic carbocycles. The predicted octanol–water partition coefficient (Wildman–Crippen LogP) is 4.84. The van der Waals surface area contributed by atoms with Gasteiger partial charge in [-0.25, -0.2) is 4.98 Å². The summed E-state index contributed by atoms with van der Waals surface area (Å²) in [5.74, 6) is 0.0467. The predicted molar refractivity (Wildman–Crippen MR) is 118 cm³/mol. The molecule has 0 unspecified atom stereocenters. The summed E-state index contributed by atoms with van der Waals surface area (Å²) in [5.41, 5.74) is 2.10. The zero-order valence-electron chi connectivity index (χ0n) is 16.8. The van der Waals surface area contributed by atoms with Crippen LogP contribution in [0.5, 0.6) is 0 Å². The molecule has 0 N–H and O–H groups in total. The summed E-state index contributed by atoms with van der Waals surface area (Å²) in [6, 6.07) is 7.55. The lowest BCUT2D eigenvalue weighted by atomic mass is 9.98. The summed E-state index contributed by atoms with van der Waals surface area (Å²) in [6.07, 6.45) is 4.41. The quantitative estimate of drug-likeness (QED) is 0.667. The van der Waals surface area contributed by atoms with Crippen LogP contribution in [0.3, 0.4) is 0 Å². The van der Waals surface area contributed by atoms with E-state index in [0.29, 0.717) is 5.02 Å². The molecule has 1 aliphatic heterocycles. The van der Waals surface area contributed by atoms with Crippen LogP contribution in [0.15, 0.2) is 35.7 Å². The first kappa shape index (κ1) is 21.0. The molecule has 0 radical (unpaired) electrons. The largest absolute Gasteiger partial charge is 0.338 e. The van der Waals surface area contributed by atoms with Gasteiger partial charge in [-0.2, -0.15) is 0 Å². The van der Waals surface area contributed by atoms with E-state index in [1.54, 1.807) is 23.5 Å². The minimum absolute atomic E-state index is 0.0467. The van der Waals surface area contributed by atoms with Crippen molar-refractivity contribution in [2.24, 2.45) is 0 Å². The fourth-order valence-electron chi connectivity index (χ4n) is 3.18. The molecular formula is C22H28ClN3OS. The second kappa shape index (κ2) is 9.21. The normalized spacial score (nSPS) is 16.5. The van der Waals surface area contributed by atoms with Crippen LogP contribution >= 0.6 is 22.9 Å². The van der Waals surface area contributed by atoms with Crippen molar-refractivity contribution in [2.75, 3.05) is 26.2 Å². The van der Waals surface area contributed by atoms with Gasteiger partial charge in [0.05, 0.1) is 10.7 Å². The number of rotatable bonds is 4. The number of benzene rings is 1. The zero-order chi connectivity index (χ0) is 20.1. The molecule has 6 heteroatoms. The van der Waals surface area contributed by atoms with E-state index < -0.39 is 0 Å². The van der Waals surface area contributed by atoms with Crippen molar-refractivity contribution in [1.29, 1.82) is 0 Å². The van der Waals surface area contributed by atoms with E-state index in [2.05, 4.69) is 31.1 Å². The summed E-state index contributed by atoms with van der Waals surface area (Å²) in [7, 11) is 0. The van der Waals surface area contributed by atoms with Crippen LogP contribution in [0.2, 0.25) is 5.02 Å². The Morgan fingerprint density at radius 1 is 1.21 bits per heavy atom. The smallest absolute Gasteiger partial charge is 0.246 e. The number of hydrogen-bond donors (Lipinski definition) is 0. The van der Waals surface area contributed by atoms with Crippen LogP contribution in [-0.4, -0.2) is 46.9 Å². The molecule has 1 aliphatic rings. The molecule has 0 atom stereocenters. The number of halogens is 1. The molecule has 150 valence electrons. The SMILES string of the molecule is CC(C)(C)c1nc(CN2CCCN(C(=O)/C=C/c3ccccc3Cl)CC2)cs1. The van der Waals surface area contributed by atoms with Gasteiger partial charge in [-0.1, -0.05) is 50.6 Å². The summed E-state index contributed by atoms with van der Waals surface area (Å²) < 4.78 is 0. The molecule has 0 bridgehead atoms. The number of nitrogens with zero attached hydrogens (tertiary/aromatic N) is 3. The Morgan fingerprint density at radius 3 is 2.71 bits per heavy atom. The lowest BCUT2D eigenvalue weighted by Crippen LogP contribution is -2.34. The fourth-order valence-corrected chi connectivity index (χ4v) is 4.28. The van der Waals surface area contributed by atoms with Gasteiger partial charge in [-0.3, -0.25) is 9.69 Å². The molecule has 28 heavy (non-hydrogen) atoms. The first-order chi connectivity index (χ1) is 13.3. The second-order valence-corrected chi connectivity index (χ2v) is 9.47.